The number of carboxylic acid groups (broad SMARTS) is 1. The van der Waals surface area contributed by atoms with Gasteiger partial charge in [0.15, 0.2) is 0 Å². The summed E-state index contributed by atoms with van der Waals surface area (Å²) in [7, 11) is -1.26. The predicted molar refractivity (Wildman–Crippen MR) is 43.4 cm³/mol. The zero-order valence-corrected chi connectivity index (χ0v) is 7.00. The van der Waals surface area contributed by atoms with Crippen molar-refractivity contribution in [1.29, 1.82) is 0 Å². The smallest absolute Gasteiger partial charge is 0.321 e. The zero-order chi connectivity index (χ0) is 8.85. The third-order valence-corrected chi connectivity index (χ3v) is 2.21. The predicted octanol–water partition coefficient (Wildman–Crippen LogP) is -0.319. The quantitative estimate of drug-likeness (QED) is 0.616. The molecule has 4 nitrogen and oxygen atoms in total. The lowest BCUT2D eigenvalue weighted by Crippen LogP contribution is -2.35. The molecule has 0 aliphatic rings. The molecule has 5 heteroatoms. The van der Waals surface area contributed by atoms with Crippen LogP contribution in [0.1, 0.15) is 6.92 Å². The van der Waals surface area contributed by atoms with E-state index in [-0.39, 0.29) is 5.75 Å². The van der Waals surface area contributed by atoms with Crippen LogP contribution in [0.2, 0.25) is 0 Å². The lowest BCUT2D eigenvalue weighted by molar-refractivity contribution is -0.137. The van der Waals surface area contributed by atoms with Crippen LogP contribution < -0.4 is 5.73 Å². The maximum atomic E-state index is 10.8. The molecule has 0 aliphatic carbocycles. The van der Waals surface area contributed by atoms with Gasteiger partial charge in [-0.25, -0.2) is 0 Å². The van der Waals surface area contributed by atoms with Crippen LogP contribution in [0, 0.1) is 0 Å². The molecule has 11 heavy (non-hydrogen) atoms. The Morgan fingerprint density at radius 3 is 2.73 bits per heavy atom. The third kappa shape index (κ3) is 4.69. The van der Waals surface area contributed by atoms with E-state index in [2.05, 4.69) is 0 Å². The lowest BCUT2D eigenvalue weighted by Gasteiger charge is -2.01. The summed E-state index contributed by atoms with van der Waals surface area (Å²) < 4.78 is 10.8. The van der Waals surface area contributed by atoms with Crippen molar-refractivity contribution < 1.29 is 14.1 Å². The van der Waals surface area contributed by atoms with E-state index in [1.54, 1.807) is 13.0 Å². The molecule has 0 aromatic carbocycles. The van der Waals surface area contributed by atoms with Crippen molar-refractivity contribution >= 4 is 16.8 Å². The third-order valence-electron chi connectivity index (χ3n) is 0.949. The van der Waals surface area contributed by atoms with Crippen molar-refractivity contribution in [3.05, 3.63) is 11.5 Å². The van der Waals surface area contributed by atoms with Crippen molar-refractivity contribution in [3.63, 3.8) is 0 Å². The summed E-state index contributed by atoms with van der Waals surface area (Å²) in [6, 6.07) is -1.04. The summed E-state index contributed by atoms with van der Waals surface area (Å²) in [6.45, 7) is 1.71. The first-order valence-electron chi connectivity index (χ1n) is 3.06. The summed E-state index contributed by atoms with van der Waals surface area (Å²) in [4.78, 5) is 10.2. The summed E-state index contributed by atoms with van der Waals surface area (Å²) in [5.74, 6) is -1.15. The molecule has 64 valence electrons. The van der Waals surface area contributed by atoms with Gasteiger partial charge in [-0.1, -0.05) is 6.08 Å². The van der Waals surface area contributed by atoms with Gasteiger partial charge in [-0.3, -0.25) is 9.00 Å². The van der Waals surface area contributed by atoms with E-state index in [0.717, 1.165) is 0 Å². The lowest BCUT2D eigenvalue weighted by atomic mass is 10.4. The molecule has 0 aromatic heterocycles. The fourth-order valence-corrected chi connectivity index (χ4v) is 1.37. The highest BCUT2D eigenvalue weighted by molar-refractivity contribution is 7.88. The van der Waals surface area contributed by atoms with E-state index in [1.165, 1.54) is 5.41 Å². The van der Waals surface area contributed by atoms with Gasteiger partial charge >= 0.3 is 5.97 Å². The number of allylic oxidation sites excluding steroid dienone is 1. The molecule has 0 rings (SSSR count). The average molecular weight is 177 g/mol. The minimum atomic E-state index is -1.26. The summed E-state index contributed by atoms with van der Waals surface area (Å²) in [5, 5.41) is 9.74. The number of hydrogen-bond donors (Lipinski definition) is 2. The monoisotopic (exact) mass is 177 g/mol. The van der Waals surface area contributed by atoms with Crippen molar-refractivity contribution in [3.8, 4) is 0 Å². The highest BCUT2D eigenvalue weighted by Gasteiger charge is 2.12. The minimum Gasteiger partial charge on any atom is -0.480 e. The average Bonchev–Trinajstić information content (AvgIpc) is 1.87. The fourth-order valence-electron chi connectivity index (χ4n) is 0.456. The Morgan fingerprint density at radius 2 is 2.36 bits per heavy atom. The zero-order valence-electron chi connectivity index (χ0n) is 6.19. The molecule has 0 amide bonds. The topological polar surface area (TPSA) is 80.4 Å². The maximum Gasteiger partial charge on any atom is 0.321 e. The van der Waals surface area contributed by atoms with Gasteiger partial charge in [-0.05, 0) is 12.3 Å². The SMILES string of the molecule is C/C=C/S(=O)C[C@@H](N)C(=O)O. The van der Waals surface area contributed by atoms with Crippen molar-refractivity contribution in [2.45, 2.75) is 13.0 Å². The molecular formula is C6H11NO3S. The van der Waals surface area contributed by atoms with Gasteiger partial charge < -0.3 is 10.8 Å². The first-order valence-corrected chi connectivity index (χ1v) is 4.44. The molecule has 0 aromatic rings. The molecule has 0 fully saturated rings. The van der Waals surface area contributed by atoms with E-state index >= 15 is 0 Å². The van der Waals surface area contributed by atoms with E-state index in [0.29, 0.717) is 0 Å². The molecule has 0 bridgehead atoms. The van der Waals surface area contributed by atoms with Crippen molar-refractivity contribution in [2.75, 3.05) is 5.75 Å². The van der Waals surface area contributed by atoms with Gasteiger partial charge in [0.1, 0.15) is 6.04 Å². The van der Waals surface area contributed by atoms with Crippen LogP contribution in [0.15, 0.2) is 11.5 Å². The normalized spacial score (nSPS) is 16.5. The highest BCUT2D eigenvalue weighted by Crippen LogP contribution is 1.89. The van der Waals surface area contributed by atoms with Crippen LogP contribution in [0.5, 0.6) is 0 Å². The second-order valence-electron chi connectivity index (χ2n) is 1.96. The van der Waals surface area contributed by atoms with Crippen LogP contribution in [-0.2, 0) is 15.6 Å². The molecule has 1 unspecified atom stereocenters. The number of carbonyl (C=O) groups is 1. The first kappa shape index (κ1) is 10.3. The maximum absolute atomic E-state index is 10.8. The van der Waals surface area contributed by atoms with Crippen molar-refractivity contribution in [1.82, 2.24) is 0 Å². The van der Waals surface area contributed by atoms with Gasteiger partial charge in [0.25, 0.3) is 0 Å². The van der Waals surface area contributed by atoms with Gasteiger partial charge in [0.2, 0.25) is 0 Å². The summed E-state index contributed by atoms with van der Waals surface area (Å²) in [6.07, 6.45) is 1.60. The number of carboxylic acids is 1. The van der Waals surface area contributed by atoms with Crippen molar-refractivity contribution in [2.24, 2.45) is 5.73 Å². The minimum absolute atomic E-state index is 0.0281. The Kier molecular flexibility index (Phi) is 4.72. The molecule has 0 saturated carbocycles. The number of rotatable bonds is 4. The molecule has 0 spiro atoms. The second kappa shape index (κ2) is 5.03. The van der Waals surface area contributed by atoms with Crippen LogP contribution in [-0.4, -0.2) is 27.1 Å². The molecule has 0 aliphatic heterocycles. The Morgan fingerprint density at radius 1 is 1.82 bits per heavy atom. The van der Waals surface area contributed by atoms with E-state index in [1.807, 2.05) is 0 Å². The summed E-state index contributed by atoms with van der Waals surface area (Å²) in [5.41, 5.74) is 5.12. The van der Waals surface area contributed by atoms with Gasteiger partial charge in [-0.15, -0.1) is 0 Å². The van der Waals surface area contributed by atoms with Crippen LogP contribution in [0.4, 0.5) is 0 Å². The molecule has 3 N–H and O–H groups in total. The van der Waals surface area contributed by atoms with E-state index < -0.39 is 22.8 Å². The van der Waals surface area contributed by atoms with Gasteiger partial charge in [-0.2, -0.15) is 0 Å². The number of nitrogens with two attached hydrogens (primary N) is 1. The first-order chi connectivity index (χ1) is 5.07. The van der Waals surface area contributed by atoms with E-state index in [4.69, 9.17) is 10.8 Å². The van der Waals surface area contributed by atoms with E-state index in [9.17, 15) is 9.00 Å². The highest BCUT2D eigenvalue weighted by atomic mass is 32.2. The Bertz CT molecular complexity index is 190. The second-order valence-corrected chi connectivity index (χ2v) is 3.33. The molecule has 0 heterocycles. The van der Waals surface area contributed by atoms with Gasteiger partial charge in [0.05, 0.1) is 5.75 Å². The largest absolute Gasteiger partial charge is 0.480 e. The standard InChI is InChI=1S/C6H11NO3S/c1-2-3-11(10)4-5(7)6(8)9/h2-3,5H,4,7H2,1H3,(H,8,9)/b3-2+/t5-,11?/m1/s1. The van der Waals surface area contributed by atoms with Crippen LogP contribution >= 0.6 is 0 Å². The number of hydrogen-bond acceptors (Lipinski definition) is 3. The Balaban J connectivity index is 3.85. The van der Waals surface area contributed by atoms with Gasteiger partial charge in [0, 0.05) is 10.8 Å². The molecule has 2 atom stereocenters. The summed E-state index contributed by atoms with van der Waals surface area (Å²) >= 11 is 0. The Hall–Kier alpha value is -0.680. The van der Waals surface area contributed by atoms with Crippen LogP contribution in [0.25, 0.3) is 0 Å². The molecular weight excluding hydrogens is 166 g/mol. The fraction of sp³-hybridized carbons (Fsp3) is 0.500. The van der Waals surface area contributed by atoms with Crippen LogP contribution in [0.3, 0.4) is 0 Å². The molecule has 0 radical (unpaired) electrons. The number of aliphatic carboxylic acids is 1. The Labute approximate surface area is 67.5 Å². The molecule has 0 saturated heterocycles.